The van der Waals surface area contributed by atoms with Gasteiger partial charge in [0.25, 0.3) is 0 Å². The predicted octanol–water partition coefficient (Wildman–Crippen LogP) is 21.3. The fourth-order valence-corrected chi connectivity index (χ4v) is 18.6. The van der Waals surface area contributed by atoms with Gasteiger partial charge in [-0.25, -0.2) is 29.9 Å². The first-order valence-electron chi connectivity index (χ1n) is 48.6. The van der Waals surface area contributed by atoms with Crippen molar-refractivity contribution in [3.63, 3.8) is 0 Å². The zero-order valence-corrected chi connectivity index (χ0v) is 86.0. The minimum atomic E-state index is -0.130. The number of nitrogens with two attached hydrogens (primary N) is 2. The van der Waals surface area contributed by atoms with E-state index in [1.54, 1.807) is 40.6 Å². The highest BCUT2D eigenvalue weighted by atomic mass is 35.5. The number of rotatable bonds is 24. The first kappa shape index (κ1) is 101. The number of aromatic nitrogens is 18. The molecule has 37 heteroatoms. The van der Waals surface area contributed by atoms with E-state index in [0.717, 1.165) is 281 Å². The number of pyridine rings is 4. The molecule has 7 aliphatic rings. The number of nitrogen functional groups attached to an aromatic ring is 1. The van der Waals surface area contributed by atoms with Crippen molar-refractivity contribution in [3.05, 3.63) is 194 Å². The fraction of sp³-hybridized carbons (Fsp3) is 0.406. The third-order valence-electron chi connectivity index (χ3n) is 26.6. The van der Waals surface area contributed by atoms with Gasteiger partial charge in [0.05, 0.1) is 113 Å². The summed E-state index contributed by atoms with van der Waals surface area (Å²) in [5, 5.41) is 29.9. The van der Waals surface area contributed by atoms with Crippen LogP contribution in [0.5, 0.6) is 23.0 Å². The Balaban J connectivity index is 0.000000124. The number of fused-ring (bicyclic) bond motifs is 4. The minimum absolute atomic E-state index is 0.00853. The summed E-state index contributed by atoms with van der Waals surface area (Å²) in [5.74, 6) is 6.39. The SMILES string of the molecule is COc1cc(-c2cc(C)n(C)n2)ccc1N.COc1cc(-c2cc(C)n(C)n2)ccc1Nc1cc(CC(=O)C2CC2)nc2c1N=C(C)C2.COc1cc(-c2cc(C)n(C)n2)ccc1Nc1cc(CC(=O)C2CC2)nc2c1nc(C)n2C1CCCCO1.COc1cc(-c2cc(C)n(C)n2)ccc1Nc1cc(Cl)nc2c1nc(C)n2C1CCCCO1.Cc1nc2c(Cl)cc(Cl)nc2n1C1CCCCO1.NC(=O)C1CC1. The lowest BCUT2D eigenvalue weighted by atomic mass is 10.1. The standard InChI is InChI=1S/C29H34N6O3.C25H27N5O2.C24H27ClN6O2.C12H13Cl2N3O.C12H15N3O.C4H7NO/c1-17-13-23(33-34(17)3)20-10-11-22(26(14-20)37-4)32-24-15-21(16-25(36)19-8-9-19)31-29-28(24)30-18(2)35(29)27-7-5-6-12-38-27;1-14-9-21-25(26-14)22(12-18(27-21)13-23(31)16-5-6-16)28-19-8-7-17(11-24(19)32-4)20-10-15(2)30(3)29-20;1-14-11-18(29-30(14)3)16-8-9-17(20(12-16)32-4)27-19-13-21(25)28-24-23(19)26-15(2)31(24)22-7-5-6-10-33-22;1-7-15-11-8(13)6-9(14)16-12(11)17(7)10-4-2-3-5-18-10;1-8-6-11(14-15(8)2)9-4-5-10(13)12(7-9)16-3;5-4(6)3-1-2-3/h10-11,13-15,19,27H,5-9,12,16H2,1-4H3,(H,31,32);7-8,10-12,16H,5-6,9,13H2,1-4H3,(H,27,28);8-9,11-13,22H,5-7,10H2,1-4H3,(H,27,28);6,10H,2-5H2,1H3;4-7H,13H2,1-3H3;3H,1-2H2,(H2,5,6). The summed E-state index contributed by atoms with van der Waals surface area (Å²) in [6.45, 7) is 18.3. The van der Waals surface area contributed by atoms with Crippen molar-refractivity contribution in [2.24, 2.45) is 56.7 Å². The molecule has 7 N–H and O–H groups in total. The Bertz CT molecular complexity index is 7200. The van der Waals surface area contributed by atoms with E-state index < -0.39 is 0 Å². The summed E-state index contributed by atoms with van der Waals surface area (Å²) in [6.07, 6.45) is 16.7. The first-order valence-corrected chi connectivity index (χ1v) is 49.7. The highest BCUT2D eigenvalue weighted by molar-refractivity contribution is 6.37. The Morgan fingerprint density at radius 2 is 0.741 bits per heavy atom. The van der Waals surface area contributed by atoms with Gasteiger partial charge in [-0.1, -0.05) is 59.1 Å². The number of methoxy groups -OCH3 is 4. The van der Waals surface area contributed by atoms with Crippen LogP contribution in [-0.2, 0) is 76.0 Å². The molecule has 15 heterocycles. The molecule has 748 valence electrons. The summed E-state index contributed by atoms with van der Waals surface area (Å²) in [7, 11) is 14.3. The average Bonchev–Trinajstić information content (AvgIpc) is 1.61. The zero-order chi connectivity index (χ0) is 101. The Labute approximate surface area is 845 Å². The van der Waals surface area contributed by atoms with Crippen LogP contribution in [0.2, 0.25) is 15.3 Å². The monoisotopic (exact) mass is 2000 g/mol. The normalized spacial score (nSPS) is 16.4. The molecular formula is C106H123Cl3N24O10. The quantitative estimate of drug-likeness (QED) is 0.0277. The van der Waals surface area contributed by atoms with Gasteiger partial charge >= 0.3 is 0 Å². The molecule has 6 fully saturated rings. The molecule has 0 bridgehead atoms. The number of primary amides is 1. The van der Waals surface area contributed by atoms with E-state index in [0.29, 0.717) is 80.1 Å². The largest absolute Gasteiger partial charge is 0.495 e. The second-order valence-electron chi connectivity index (χ2n) is 37.4. The van der Waals surface area contributed by atoms with Crippen LogP contribution in [0.1, 0.15) is 179 Å². The zero-order valence-electron chi connectivity index (χ0n) is 83.7. The molecule has 22 rings (SSSR count). The second kappa shape index (κ2) is 44.1. The number of nitrogens with zero attached hydrogens (tertiary/aromatic N) is 19. The van der Waals surface area contributed by atoms with Crippen molar-refractivity contribution in [1.29, 1.82) is 0 Å². The highest BCUT2D eigenvalue weighted by Gasteiger charge is 2.35. The molecular weight excluding hydrogens is 1880 g/mol. The number of amides is 1. The number of carbonyl (C=O) groups excluding carboxylic acids is 3. The number of ether oxygens (including phenoxy) is 7. The van der Waals surface area contributed by atoms with E-state index in [1.165, 1.54) is 0 Å². The number of carbonyl (C=O) groups is 3. The minimum Gasteiger partial charge on any atom is -0.495 e. The maximum absolute atomic E-state index is 12.7. The van der Waals surface area contributed by atoms with Gasteiger partial charge in [-0.05, 0) is 243 Å². The molecule has 143 heavy (non-hydrogen) atoms. The van der Waals surface area contributed by atoms with Gasteiger partial charge < -0.3 is 60.6 Å². The third-order valence-corrected chi connectivity index (χ3v) is 27.3. The molecule has 4 aromatic carbocycles. The molecule has 3 saturated heterocycles. The fourth-order valence-electron chi connectivity index (χ4n) is 17.9. The topological polar surface area (TPSA) is 393 Å². The Kier molecular flexibility index (Phi) is 31.1. The van der Waals surface area contributed by atoms with Gasteiger partial charge in [0.15, 0.2) is 16.9 Å². The van der Waals surface area contributed by atoms with Crippen LogP contribution in [-0.4, -0.2) is 159 Å². The van der Waals surface area contributed by atoms with Crippen molar-refractivity contribution in [2.75, 3.05) is 69.9 Å². The Morgan fingerprint density at radius 1 is 0.392 bits per heavy atom. The highest BCUT2D eigenvalue weighted by Crippen LogP contribution is 2.45. The number of Topliss-reactive ketones (excluding diaryl/α,β-unsaturated/α-hetero) is 2. The molecule has 3 atom stereocenters. The summed E-state index contributed by atoms with van der Waals surface area (Å²) >= 11 is 18.5. The number of hydrogen-bond donors (Lipinski definition) is 5. The van der Waals surface area contributed by atoms with Crippen molar-refractivity contribution < 1.29 is 47.5 Å². The summed E-state index contributed by atoms with van der Waals surface area (Å²) in [6, 6.07) is 39.2. The maximum Gasteiger partial charge on any atom is 0.220 e. The number of aliphatic imine (C=N–C) groups is 1. The van der Waals surface area contributed by atoms with Gasteiger partial charge in [-0.3, -0.25) is 56.8 Å². The van der Waals surface area contributed by atoms with Crippen LogP contribution in [0.25, 0.3) is 78.5 Å². The van der Waals surface area contributed by atoms with E-state index in [1.807, 2.05) is 198 Å². The number of ketones is 2. The number of hydrogen-bond acceptors (Lipinski definition) is 26. The van der Waals surface area contributed by atoms with Gasteiger partial charge in [-0.15, -0.1) is 0 Å². The lowest BCUT2D eigenvalue weighted by Crippen LogP contribution is -2.19. The van der Waals surface area contributed by atoms with E-state index in [2.05, 4.69) is 78.6 Å². The van der Waals surface area contributed by atoms with Crippen molar-refractivity contribution >= 4 is 137 Å². The Morgan fingerprint density at radius 3 is 1.10 bits per heavy atom. The third kappa shape index (κ3) is 23.5. The van der Waals surface area contributed by atoms with Crippen LogP contribution in [0, 0.1) is 66.2 Å². The van der Waals surface area contributed by atoms with Crippen molar-refractivity contribution in [1.82, 2.24) is 87.7 Å². The number of anilines is 7. The van der Waals surface area contributed by atoms with Crippen LogP contribution < -0.4 is 46.4 Å². The Hall–Kier alpha value is -13.6. The van der Waals surface area contributed by atoms with Crippen LogP contribution in [0.15, 0.2) is 126 Å². The van der Waals surface area contributed by atoms with Crippen molar-refractivity contribution in [2.45, 2.75) is 190 Å². The lowest BCUT2D eigenvalue weighted by molar-refractivity contribution is -0.120. The number of nitrogens with one attached hydrogen (secondary N) is 3. The predicted molar refractivity (Wildman–Crippen MR) is 558 cm³/mol. The van der Waals surface area contributed by atoms with Crippen molar-refractivity contribution in [3.8, 4) is 68.0 Å². The number of aryl methyl sites for hydroxylation is 11. The molecule has 11 aromatic heterocycles. The summed E-state index contributed by atoms with van der Waals surface area (Å²) in [4.78, 5) is 72.6. The summed E-state index contributed by atoms with van der Waals surface area (Å²) < 4.78 is 53.8. The second-order valence-corrected chi connectivity index (χ2v) is 38.6. The number of benzene rings is 4. The molecule has 34 nitrogen and oxygen atoms in total. The molecule has 3 unspecified atom stereocenters. The van der Waals surface area contributed by atoms with E-state index >= 15 is 0 Å². The molecule has 4 aliphatic heterocycles. The molecule has 3 aliphatic carbocycles. The van der Waals surface area contributed by atoms with Gasteiger partial charge in [0.1, 0.15) is 103 Å². The number of imidazole rings is 3. The number of halogens is 3. The van der Waals surface area contributed by atoms with Gasteiger partial charge in [0, 0.05) is 142 Å². The smallest absolute Gasteiger partial charge is 0.220 e. The molecule has 15 aromatic rings. The molecule has 0 radical (unpaired) electrons. The van der Waals surface area contributed by atoms with Gasteiger partial charge in [-0.2, -0.15) is 20.4 Å². The molecule has 1 amide bonds. The first-order chi connectivity index (χ1) is 68.8. The molecule has 0 spiro atoms. The van der Waals surface area contributed by atoms with Crippen LogP contribution in [0.3, 0.4) is 0 Å². The average molecular weight is 2000 g/mol. The lowest BCUT2D eigenvalue weighted by Gasteiger charge is -2.25. The van der Waals surface area contributed by atoms with E-state index in [4.69, 9.17) is 104 Å². The maximum atomic E-state index is 12.7. The van der Waals surface area contributed by atoms with Gasteiger partial charge in [0.2, 0.25) is 5.91 Å². The van der Waals surface area contributed by atoms with E-state index in [9.17, 15) is 14.4 Å². The van der Waals surface area contributed by atoms with Crippen LogP contribution >= 0.6 is 34.8 Å². The van der Waals surface area contributed by atoms with Crippen LogP contribution in [0.4, 0.5) is 45.5 Å². The summed E-state index contributed by atoms with van der Waals surface area (Å²) in [5.41, 5.74) is 36.8. The van der Waals surface area contributed by atoms with E-state index in [-0.39, 0.29) is 53.9 Å². The molecule has 3 saturated carbocycles.